The summed E-state index contributed by atoms with van der Waals surface area (Å²) in [4.78, 5) is 29.6. The summed E-state index contributed by atoms with van der Waals surface area (Å²) in [7, 11) is 0. The number of carbonyl (C=O) groups excluding carboxylic acids is 2. The molecule has 0 spiro atoms. The molecule has 1 saturated carbocycles. The number of amides is 3. The Labute approximate surface area is 118 Å². The van der Waals surface area contributed by atoms with Crippen molar-refractivity contribution in [3.63, 3.8) is 0 Å². The van der Waals surface area contributed by atoms with Crippen LogP contribution in [-0.4, -0.2) is 23.0 Å². The van der Waals surface area contributed by atoms with Gasteiger partial charge < -0.3 is 5.32 Å². The summed E-state index contributed by atoms with van der Waals surface area (Å²) in [5, 5.41) is 2.81. The number of nitrogens with zero attached hydrogens (tertiary/aromatic N) is 2. The second-order valence-electron chi connectivity index (χ2n) is 5.63. The Morgan fingerprint density at radius 1 is 1.25 bits per heavy atom. The first-order valence-electron chi connectivity index (χ1n) is 7.30. The minimum absolute atomic E-state index is 0.145. The van der Waals surface area contributed by atoms with E-state index in [0.717, 1.165) is 6.42 Å². The Kier molecular flexibility index (Phi) is 3.67. The van der Waals surface area contributed by atoms with Crippen molar-refractivity contribution in [2.45, 2.75) is 44.6 Å². The fraction of sp³-hybridized carbons (Fsp3) is 0.533. The maximum atomic E-state index is 12.4. The molecule has 5 nitrogen and oxygen atoms in total. The Balaban J connectivity index is 1.70. The van der Waals surface area contributed by atoms with Crippen molar-refractivity contribution in [3.05, 3.63) is 24.5 Å². The van der Waals surface area contributed by atoms with Gasteiger partial charge in [-0.15, -0.1) is 0 Å². The molecule has 106 valence electrons. The van der Waals surface area contributed by atoms with Crippen LogP contribution in [0.5, 0.6) is 0 Å². The summed E-state index contributed by atoms with van der Waals surface area (Å²) in [6.07, 6.45) is 10.1. The zero-order chi connectivity index (χ0) is 13.9. The molecule has 0 bridgehead atoms. The van der Waals surface area contributed by atoms with Crippen LogP contribution in [0.4, 0.5) is 10.5 Å². The molecule has 1 atom stereocenters. The zero-order valence-corrected chi connectivity index (χ0v) is 11.4. The fourth-order valence-corrected chi connectivity index (χ4v) is 3.18. The van der Waals surface area contributed by atoms with Gasteiger partial charge in [-0.1, -0.05) is 32.1 Å². The number of hydrogen-bond acceptors (Lipinski definition) is 3. The van der Waals surface area contributed by atoms with Crippen LogP contribution in [0.3, 0.4) is 0 Å². The summed E-state index contributed by atoms with van der Waals surface area (Å²) in [6, 6.07) is 2.76. The number of nitrogens with one attached hydrogen (secondary N) is 1. The van der Waals surface area contributed by atoms with Crippen molar-refractivity contribution in [1.29, 1.82) is 0 Å². The van der Waals surface area contributed by atoms with Crippen LogP contribution in [0.15, 0.2) is 24.5 Å². The van der Waals surface area contributed by atoms with Crippen molar-refractivity contribution in [2.75, 3.05) is 4.90 Å². The third-order valence-electron chi connectivity index (χ3n) is 4.22. The molecule has 0 aromatic carbocycles. The van der Waals surface area contributed by atoms with E-state index >= 15 is 0 Å². The van der Waals surface area contributed by atoms with Crippen LogP contribution in [0, 0.1) is 5.92 Å². The van der Waals surface area contributed by atoms with Crippen LogP contribution < -0.4 is 10.2 Å². The van der Waals surface area contributed by atoms with Gasteiger partial charge in [-0.2, -0.15) is 0 Å². The van der Waals surface area contributed by atoms with Crippen molar-refractivity contribution < 1.29 is 9.59 Å². The van der Waals surface area contributed by atoms with Gasteiger partial charge in [0.2, 0.25) is 0 Å². The lowest BCUT2D eigenvalue weighted by Crippen LogP contribution is -2.32. The van der Waals surface area contributed by atoms with E-state index < -0.39 is 0 Å². The highest BCUT2D eigenvalue weighted by molar-refractivity contribution is 6.21. The Morgan fingerprint density at radius 2 is 2.05 bits per heavy atom. The largest absolute Gasteiger partial charge is 0.329 e. The summed E-state index contributed by atoms with van der Waals surface area (Å²) in [5.74, 6) is 0.417. The van der Waals surface area contributed by atoms with Crippen LogP contribution >= 0.6 is 0 Å². The number of urea groups is 1. The summed E-state index contributed by atoms with van der Waals surface area (Å²) in [6.45, 7) is 0. The molecule has 0 radical (unpaired) electrons. The van der Waals surface area contributed by atoms with Crippen molar-refractivity contribution in [3.8, 4) is 0 Å². The lowest BCUT2D eigenvalue weighted by atomic mass is 9.85. The molecular weight excluding hydrogens is 254 g/mol. The average Bonchev–Trinajstić information content (AvgIpc) is 2.75. The van der Waals surface area contributed by atoms with E-state index in [-0.39, 0.29) is 18.0 Å². The smallest absolute Gasteiger partial charge is 0.325 e. The molecule has 1 saturated heterocycles. The van der Waals surface area contributed by atoms with E-state index in [0.29, 0.717) is 11.6 Å². The molecule has 2 heterocycles. The summed E-state index contributed by atoms with van der Waals surface area (Å²) >= 11 is 0. The summed E-state index contributed by atoms with van der Waals surface area (Å²) < 4.78 is 0. The third-order valence-corrected chi connectivity index (χ3v) is 4.22. The van der Waals surface area contributed by atoms with Gasteiger partial charge in [-0.3, -0.25) is 9.78 Å². The number of carbonyl (C=O) groups is 2. The van der Waals surface area contributed by atoms with Gasteiger partial charge in [0.05, 0.1) is 11.9 Å². The topological polar surface area (TPSA) is 62.3 Å². The van der Waals surface area contributed by atoms with E-state index in [9.17, 15) is 9.59 Å². The zero-order valence-electron chi connectivity index (χ0n) is 11.4. The van der Waals surface area contributed by atoms with Gasteiger partial charge >= 0.3 is 6.03 Å². The highest BCUT2D eigenvalue weighted by atomic mass is 16.2. The second-order valence-corrected chi connectivity index (χ2v) is 5.63. The van der Waals surface area contributed by atoms with Gasteiger partial charge in [-0.05, 0) is 24.5 Å². The van der Waals surface area contributed by atoms with E-state index in [1.165, 1.54) is 37.0 Å². The third kappa shape index (κ3) is 2.53. The Bertz CT molecular complexity index is 497. The molecule has 3 rings (SSSR count). The molecular formula is C15H19N3O2. The molecule has 1 aromatic heterocycles. The number of aromatic nitrogens is 1. The van der Waals surface area contributed by atoms with E-state index in [1.807, 2.05) is 0 Å². The van der Waals surface area contributed by atoms with E-state index in [2.05, 4.69) is 10.3 Å². The maximum Gasteiger partial charge on any atom is 0.329 e. The van der Waals surface area contributed by atoms with Crippen LogP contribution in [0.25, 0.3) is 0 Å². The molecule has 20 heavy (non-hydrogen) atoms. The quantitative estimate of drug-likeness (QED) is 0.861. The lowest BCUT2D eigenvalue weighted by molar-refractivity contribution is -0.118. The first-order valence-corrected chi connectivity index (χ1v) is 7.30. The standard InChI is InChI=1S/C15H19N3O2/c19-14-13(9-11-5-2-1-3-6-11)17-15(20)18(14)12-7-4-8-16-10-12/h4,7-8,10-11,13H,1-3,5-6,9H2,(H,17,20)/t13-/m0/s1. The summed E-state index contributed by atoms with van der Waals surface area (Å²) in [5.41, 5.74) is 0.543. The van der Waals surface area contributed by atoms with Crippen molar-refractivity contribution in [1.82, 2.24) is 10.3 Å². The highest BCUT2D eigenvalue weighted by Gasteiger charge is 2.40. The monoisotopic (exact) mass is 273 g/mol. The predicted octanol–water partition coefficient (Wildman–Crippen LogP) is 2.48. The van der Waals surface area contributed by atoms with Crippen molar-refractivity contribution in [2.24, 2.45) is 5.92 Å². The van der Waals surface area contributed by atoms with E-state index in [1.54, 1.807) is 24.5 Å². The molecule has 1 aromatic rings. The second kappa shape index (κ2) is 5.61. The molecule has 1 aliphatic carbocycles. The molecule has 2 fully saturated rings. The lowest BCUT2D eigenvalue weighted by Gasteiger charge is -2.23. The molecule has 1 aliphatic heterocycles. The van der Waals surface area contributed by atoms with E-state index in [4.69, 9.17) is 0 Å². The van der Waals surface area contributed by atoms with Gasteiger partial charge in [0, 0.05) is 6.20 Å². The van der Waals surface area contributed by atoms with Gasteiger partial charge in [-0.25, -0.2) is 9.69 Å². The molecule has 2 aliphatic rings. The maximum absolute atomic E-state index is 12.4. The Hall–Kier alpha value is -1.91. The normalized spacial score (nSPS) is 24.0. The number of pyridine rings is 1. The molecule has 5 heteroatoms. The van der Waals surface area contributed by atoms with Crippen LogP contribution in [-0.2, 0) is 4.79 Å². The van der Waals surface area contributed by atoms with Crippen LogP contribution in [0.1, 0.15) is 38.5 Å². The number of anilines is 1. The van der Waals surface area contributed by atoms with Gasteiger partial charge in [0.25, 0.3) is 5.91 Å². The fourth-order valence-electron chi connectivity index (χ4n) is 3.18. The number of imide groups is 1. The van der Waals surface area contributed by atoms with Gasteiger partial charge in [0.15, 0.2) is 0 Å². The van der Waals surface area contributed by atoms with Crippen LogP contribution in [0.2, 0.25) is 0 Å². The molecule has 3 amide bonds. The molecule has 0 unspecified atom stereocenters. The minimum Gasteiger partial charge on any atom is -0.325 e. The Morgan fingerprint density at radius 3 is 2.75 bits per heavy atom. The predicted molar refractivity (Wildman–Crippen MR) is 75.2 cm³/mol. The first kappa shape index (κ1) is 13.1. The highest BCUT2D eigenvalue weighted by Crippen LogP contribution is 2.29. The SMILES string of the molecule is O=C1N[C@@H](CC2CCCCC2)C(=O)N1c1cccnc1. The molecule has 1 N–H and O–H groups in total. The number of hydrogen-bond donors (Lipinski definition) is 1. The van der Waals surface area contributed by atoms with Crippen molar-refractivity contribution >= 4 is 17.6 Å². The number of rotatable bonds is 3. The average molecular weight is 273 g/mol. The minimum atomic E-state index is -0.370. The van der Waals surface area contributed by atoms with Gasteiger partial charge in [0.1, 0.15) is 6.04 Å². The first-order chi connectivity index (χ1) is 9.75.